The highest BCUT2D eigenvalue weighted by atomic mass is 19.1. The van der Waals surface area contributed by atoms with Crippen molar-refractivity contribution < 1.29 is 4.39 Å². The minimum absolute atomic E-state index is 0. The number of hydrogen-bond acceptors (Lipinski definition) is 2. The topological polar surface area (TPSA) is 25.8 Å². The predicted molar refractivity (Wildman–Crippen MR) is 42.8 cm³/mol. The monoisotopic (exact) mass is 156 g/mol. The van der Waals surface area contributed by atoms with Crippen LogP contribution in [0.5, 0.6) is 0 Å². The van der Waals surface area contributed by atoms with E-state index in [1.165, 1.54) is 0 Å². The van der Waals surface area contributed by atoms with Gasteiger partial charge >= 0.3 is 0 Å². The summed E-state index contributed by atoms with van der Waals surface area (Å²) < 4.78 is 12.4. The van der Waals surface area contributed by atoms with Crippen LogP contribution < -0.4 is 0 Å². The highest BCUT2D eigenvalue weighted by Gasteiger charge is 2.00. The van der Waals surface area contributed by atoms with Crippen LogP contribution in [-0.2, 0) is 0 Å². The smallest absolute Gasteiger partial charge is 0.231 e. The molecule has 62 valence electrons. The summed E-state index contributed by atoms with van der Waals surface area (Å²) in [5.41, 5.74) is 0.694. The molecule has 0 radical (unpaired) electrons. The fourth-order valence-corrected chi connectivity index (χ4v) is 0.634. The van der Waals surface area contributed by atoms with Gasteiger partial charge in [0.2, 0.25) is 5.95 Å². The van der Waals surface area contributed by atoms with Crippen LogP contribution in [0.1, 0.15) is 32.9 Å². The summed E-state index contributed by atoms with van der Waals surface area (Å²) in [6.07, 6.45) is 2.68. The molecule has 2 nitrogen and oxygen atoms in total. The van der Waals surface area contributed by atoms with Gasteiger partial charge in [-0.25, -0.2) is 4.98 Å². The van der Waals surface area contributed by atoms with E-state index in [-0.39, 0.29) is 13.3 Å². The van der Waals surface area contributed by atoms with Crippen molar-refractivity contribution in [3.63, 3.8) is 0 Å². The minimum Gasteiger partial charge on any atom is -0.258 e. The van der Waals surface area contributed by atoms with E-state index in [0.717, 1.165) is 6.20 Å². The summed E-state index contributed by atoms with van der Waals surface area (Å²) in [6, 6.07) is 0. The first-order chi connectivity index (χ1) is 4.70. The van der Waals surface area contributed by atoms with Crippen LogP contribution in [-0.4, -0.2) is 9.97 Å². The average molecular weight is 156 g/mol. The Balaban J connectivity index is 0.000001000. The number of aromatic nitrogens is 2. The van der Waals surface area contributed by atoms with Crippen LogP contribution in [0, 0.1) is 5.95 Å². The lowest BCUT2D eigenvalue weighted by molar-refractivity contribution is 0.563. The molecular weight excluding hydrogens is 143 g/mol. The lowest BCUT2D eigenvalue weighted by Crippen LogP contribution is -1.95. The molecule has 0 bridgehead atoms. The SMILES string of the molecule is C.CC(C)c1cncc(F)n1. The van der Waals surface area contributed by atoms with Gasteiger partial charge in [-0.05, 0) is 5.92 Å². The van der Waals surface area contributed by atoms with Crippen molar-refractivity contribution in [2.24, 2.45) is 0 Å². The molecule has 0 aliphatic heterocycles. The van der Waals surface area contributed by atoms with Crippen molar-refractivity contribution in [1.82, 2.24) is 9.97 Å². The lowest BCUT2D eigenvalue weighted by atomic mass is 10.1. The van der Waals surface area contributed by atoms with Crippen molar-refractivity contribution in [3.8, 4) is 0 Å². The number of hydrogen-bond donors (Lipinski definition) is 0. The Kier molecular flexibility index (Phi) is 3.65. The third kappa shape index (κ3) is 2.62. The lowest BCUT2D eigenvalue weighted by Gasteiger charge is -2.00. The van der Waals surface area contributed by atoms with Crippen molar-refractivity contribution in [2.75, 3.05) is 0 Å². The second-order valence-corrected chi connectivity index (χ2v) is 2.42. The first-order valence-corrected chi connectivity index (χ1v) is 3.17. The van der Waals surface area contributed by atoms with E-state index in [0.29, 0.717) is 5.69 Å². The molecule has 1 aromatic heterocycles. The number of halogens is 1. The van der Waals surface area contributed by atoms with Crippen molar-refractivity contribution in [3.05, 3.63) is 24.0 Å². The number of nitrogens with zero attached hydrogens (tertiary/aromatic N) is 2. The molecule has 0 aliphatic rings. The Morgan fingerprint density at radius 1 is 1.36 bits per heavy atom. The quantitative estimate of drug-likeness (QED) is 0.623. The van der Waals surface area contributed by atoms with Crippen molar-refractivity contribution in [2.45, 2.75) is 27.2 Å². The Morgan fingerprint density at radius 2 is 2.00 bits per heavy atom. The third-order valence-electron chi connectivity index (χ3n) is 1.22. The molecule has 0 fully saturated rings. The molecule has 0 unspecified atom stereocenters. The van der Waals surface area contributed by atoms with E-state index in [9.17, 15) is 4.39 Å². The molecule has 0 N–H and O–H groups in total. The van der Waals surface area contributed by atoms with Crippen molar-refractivity contribution in [1.29, 1.82) is 0 Å². The maximum atomic E-state index is 12.4. The summed E-state index contributed by atoms with van der Waals surface area (Å²) in [7, 11) is 0. The van der Waals surface area contributed by atoms with E-state index in [1.807, 2.05) is 13.8 Å². The molecule has 1 rings (SSSR count). The van der Waals surface area contributed by atoms with Crippen molar-refractivity contribution >= 4 is 0 Å². The van der Waals surface area contributed by atoms with E-state index in [2.05, 4.69) is 9.97 Å². The Bertz CT molecular complexity index is 223. The number of rotatable bonds is 1. The van der Waals surface area contributed by atoms with Crippen LogP contribution in [0.25, 0.3) is 0 Å². The summed E-state index contributed by atoms with van der Waals surface area (Å²) in [6.45, 7) is 3.90. The second kappa shape index (κ2) is 4.01. The van der Waals surface area contributed by atoms with E-state index >= 15 is 0 Å². The largest absolute Gasteiger partial charge is 0.258 e. The molecule has 1 heterocycles. The molecule has 0 aromatic carbocycles. The highest BCUT2D eigenvalue weighted by Crippen LogP contribution is 2.08. The fourth-order valence-electron chi connectivity index (χ4n) is 0.634. The van der Waals surface area contributed by atoms with Gasteiger partial charge in [0.25, 0.3) is 0 Å². The van der Waals surface area contributed by atoms with Gasteiger partial charge in [-0.15, -0.1) is 0 Å². The standard InChI is InChI=1S/C7H9FN2.CH4/c1-5(2)6-3-9-4-7(8)10-6;/h3-5H,1-2H3;1H4. The first kappa shape index (κ1) is 10.0. The van der Waals surface area contributed by atoms with Gasteiger partial charge < -0.3 is 0 Å². The van der Waals surface area contributed by atoms with Gasteiger partial charge in [0.15, 0.2) is 0 Å². The maximum Gasteiger partial charge on any atom is 0.231 e. The van der Waals surface area contributed by atoms with Crippen LogP contribution in [0.3, 0.4) is 0 Å². The average Bonchev–Trinajstić information content (AvgIpc) is 1.88. The first-order valence-electron chi connectivity index (χ1n) is 3.17. The van der Waals surface area contributed by atoms with E-state index in [1.54, 1.807) is 6.20 Å². The van der Waals surface area contributed by atoms with E-state index < -0.39 is 5.95 Å². The summed E-state index contributed by atoms with van der Waals surface area (Å²) in [5.74, 6) is -0.269. The van der Waals surface area contributed by atoms with Crippen LogP contribution in [0.4, 0.5) is 4.39 Å². The normalized spacial score (nSPS) is 9.45. The van der Waals surface area contributed by atoms with Crippen LogP contribution in [0.15, 0.2) is 12.4 Å². The van der Waals surface area contributed by atoms with Gasteiger partial charge in [-0.2, -0.15) is 4.39 Å². The zero-order chi connectivity index (χ0) is 7.56. The molecule has 3 heteroatoms. The zero-order valence-electron chi connectivity index (χ0n) is 6.00. The summed E-state index contributed by atoms with van der Waals surface area (Å²) in [5, 5.41) is 0. The van der Waals surface area contributed by atoms with Gasteiger partial charge in [0.05, 0.1) is 11.9 Å². The minimum atomic E-state index is -0.508. The molecule has 0 saturated carbocycles. The highest BCUT2D eigenvalue weighted by molar-refractivity contribution is 5.00. The molecule has 0 aliphatic carbocycles. The van der Waals surface area contributed by atoms with E-state index in [4.69, 9.17) is 0 Å². The molecule has 0 amide bonds. The van der Waals surface area contributed by atoms with Gasteiger partial charge in [-0.3, -0.25) is 4.98 Å². The Hall–Kier alpha value is -0.990. The molecule has 11 heavy (non-hydrogen) atoms. The fraction of sp³-hybridized carbons (Fsp3) is 0.500. The van der Waals surface area contributed by atoms with Crippen LogP contribution in [0.2, 0.25) is 0 Å². The Morgan fingerprint density at radius 3 is 2.36 bits per heavy atom. The molecule has 0 saturated heterocycles. The maximum absolute atomic E-state index is 12.4. The molecule has 1 aromatic rings. The zero-order valence-corrected chi connectivity index (χ0v) is 6.00. The molecule has 0 spiro atoms. The van der Waals surface area contributed by atoms with Crippen LogP contribution >= 0.6 is 0 Å². The second-order valence-electron chi connectivity index (χ2n) is 2.42. The summed E-state index contributed by atoms with van der Waals surface area (Å²) in [4.78, 5) is 7.31. The molecule has 0 atom stereocenters. The summed E-state index contributed by atoms with van der Waals surface area (Å²) >= 11 is 0. The van der Waals surface area contributed by atoms with Gasteiger partial charge in [0.1, 0.15) is 0 Å². The van der Waals surface area contributed by atoms with Gasteiger partial charge in [0, 0.05) is 6.20 Å². The molecular formula is C8H13FN2. The third-order valence-corrected chi connectivity index (χ3v) is 1.22. The van der Waals surface area contributed by atoms with Gasteiger partial charge in [-0.1, -0.05) is 21.3 Å². The predicted octanol–water partition coefficient (Wildman–Crippen LogP) is 2.38. The Labute approximate surface area is 66.5 Å².